The fraction of sp³-hybridized carbons (Fsp3) is 0.556. The molecule has 1 N–H and O–H groups in total. The summed E-state index contributed by atoms with van der Waals surface area (Å²) < 4.78 is 38.5. The monoisotopic (exact) mass is 684 g/mol. The van der Waals surface area contributed by atoms with Crippen LogP contribution in [0.25, 0.3) is 10.9 Å². The number of fused-ring (bicyclic) bond motifs is 1. The van der Waals surface area contributed by atoms with Crippen LogP contribution in [0.15, 0.2) is 17.1 Å². The van der Waals surface area contributed by atoms with E-state index in [0.717, 1.165) is 31.7 Å². The number of carbonyl (C=O) groups excluding carboxylic acids is 3. The number of nitrogens with one attached hydrogen (secondary N) is 1. The normalized spacial score (nSPS) is 18.6. The lowest BCUT2D eigenvalue weighted by Gasteiger charge is -2.26. The van der Waals surface area contributed by atoms with Crippen molar-refractivity contribution in [2.45, 2.75) is 115 Å². The van der Waals surface area contributed by atoms with Crippen molar-refractivity contribution in [3.05, 3.63) is 44.5 Å². The van der Waals surface area contributed by atoms with Gasteiger partial charge < -0.3 is 28.8 Å². The summed E-state index contributed by atoms with van der Waals surface area (Å²) in [6.45, 7) is 6.56. The predicted octanol–water partition coefficient (Wildman–Crippen LogP) is 7.39. The maximum atomic E-state index is 16.0. The minimum Gasteiger partial charge on any atom is -0.444 e. The van der Waals surface area contributed by atoms with E-state index in [4.69, 9.17) is 43.4 Å². The number of rotatable bonds is 10. The van der Waals surface area contributed by atoms with Crippen molar-refractivity contribution in [3.63, 3.8) is 0 Å². The fourth-order valence-corrected chi connectivity index (χ4v) is 6.41. The van der Waals surface area contributed by atoms with Crippen LogP contribution in [0.3, 0.4) is 0 Å². The number of benzene rings is 1. The topological polar surface area (TPSA) is 122 Å². The number of amides is 1. The number of pyridine rings is 1. The molecular formula is C36H42ClFN2O8. The lowest BCUT2D eigenvalue weighted by Crippen LogP contribution is -2.39. The molecule has 1 aromatic heterocycles. The van der Waals surface area contributed by atoms with E-state index in [1.807, 2.05) is 0 Å². The number of halogens is 2. The lowest BCUT2D eigenvalue weighted by atomic mass is 9.88. The van der Waals surface area contributed by atoms with Crippen molar-refractivity contribution in [2.24, 2.45) is 5.92 Å². The van der Waals surface area contributed by atoms with Gasteiger partial charge >= 0.3 is 18.2 Å². The van der Waals surface area contributed by atoms with E-state index in [1.165, 1.54) is 13.1 Å². The average Bonchev–Trinajstić information content (AvgIpc) is 3.84. The lowest BCUT2D eigenvalue weighted by molar-refractivity contribution is -0.0838. The van der Waals surface area contributed by atoms with Crippen molar-refractivity contribution in [1.29, 1.82) is 0 Å². The van der Waals surface area contributed by atoms with Gasteiger partial charge in [-0.3, -0.25) is 4.79 Å². The summed E-state index contributed by atoms with van der Waals surface area (Å²) in [6, 6.07) is 0.805. The molecule has 1 aromatic carbocycles. The average molecular weight is 685 g/mol. The van der Waals surface area contributed by atoms with Crippen LogP contribution in [0, 0.1) is 36.4 Å². The predicted molar refractivity (Wildman–Crippen MR) is 178 cm³/mol. The molecule has 0 spiro atoms. The van der Waals surface area contributed by atoms with E-state index in [0.29, 0.717) is 37.6 Å². The number of hydrogen-bond donors (Lipinski definition) is 1. The maximum absolute atomic E-state index is 16.0. The second-order valence-corrected chi connectivity index (χ2v) is 13.8. The van der Waals surface area contributed by atoms with Crippen LogP contribution < -0.4 is 10.7 Å². The zero-order valence-electron chi connectivity index (χ0n) is 27.7. The Kier molecular flexibility index (Phi) is 12.0. The van der Waals surface area contributed by atoms with E-state index in [1.54, 1.807) is 25.3 Å². The third kappa shape index (κ3) is 9.44. The van der Waals surface area contributed by atoms with Crippen molar-refractivity contribution >= 4 is 40.7 Å². The van der Waals surface area contributed by atoms with Crippen molar-refractivity contribution in [3.8, 4) is 24.7 Å². The maximum Gasteiger partial charge on any atom is 0.511 e. The molecule has 2 aliphatic rings. The van der Waals surface area contributed by atoms with Crippen LogP contribution in [-0.2, 0) is 18.9 Å². The molecule has 48 heavy (non-hydrogen) atoms. The Morgan fingerprint density at radius 1 is 1.10 bits per heavy atom. The number of alkyl carbamates (subject to hydrolysis) is 1. The van der Waals surface area contributed by atoms with Gasteiger partial charge in [0.2, 0.25) is 11.7 Å². The van der Waals surface area contributed by atoms with Crippen molar-refractivity contribution < 1.29 is 37.7 Å². The number of carbonyl (C=O) groups is 3. The zero-order valence-corrected chi connectivity index (χ0v) is 28.5. The van der Waals surface area contributed by atoms with E-state index in [9.17, 15) is 19.2 Å². The van der Waals surface area contributed by atoms with Crippen LogP contribution >= 0.6 is 11.6 Å². The standard InChI is InChI=1S/C36H42ClFN2O8/c1-7-11-22(12-8-2)20-45-35(44)47-21(3)46-33(42)27-19-40(25-15-16-25)31-26(32(27)41)18-28(38)29(30(31)37)23-13-9-10-14-24(17-23)39-34(43)48-36(4,5)6/h1-2,18-19,21-25H,9-17,20H2,3-6H3,(H,39,43)/t21?,23?,24-/m1/s1. The molecule has 1 amide bonds. The second kappa shape index (κ2) is 15.8. The van der Waals surface area contributed by atoms with Gasteiger partial charge in [0.25, 0.3) is 0 Å². The van der Waals surface area contributed by atoms with Crippen LogP contribution in [0.4, 0.5) is 14.0 Å². The number of aromatic nitrogens is 1. The molecule has 12 heteroatoms. The Labute approximate surface area is 285 Å². The molecule has 3 atom stereocenters. The Morgan fingerprint density at radius 3 is 2.40 bits per heavy atom. The summed E-state index contributed by atoms with van der Waals surface area (Å²) in [5, 5.41) is 2.95. The molecule has 2 fully saturated rings. The molecule has 0 aliphatic heterocycles. The van der Waals surface area contributed by atoms with Gasteiger partial charge in [-0.2, -0.15) is 0 Å². The summed E-state index contributed by atoms with van der Waals surface area (Å²) in [5.41, 5.74) is -1.18. The third-order valence-electron chi connectivity index (χ3n) is 8.24. The largest absolute Gasteiger partial charge is 0.511 e. The smallest absolute Gasteiger partial charge is 0.444 e. The zero-order chi connectivity index (χ0) is 35.2. The number of nitrogens with zero attached hydrogens (tertiary/aromatic N) is 1. The van der Waals surface area contributed by atoms with Gasteiger partial charge in [0.15, 0.2) is 0 Å². The van der Waals surface area contributed by atoms with E-state index in [-0.39, 0.29) is 52.1 Å². The van der Waals surface area contributed by atoms with Crippen LogP contribution in [0.5, 0.6) is 0 Å². The van der Waals surface area contributed by atoms with E-state index < -0.39 is 41.4 Å². The molecular weight excluding hydrogens is 643 g/mol. The Balaban J connectivity index is 1.56. The Hall–Kier alpha value is -4.22. The van der Waals surface area contributed by atoms with E-state index in [2.05, 4.69) is 17.2 Å². The summed E-state index contributed by atoms with van der Waals surface area (Å²) in [6.07, 6.45) is 14.5. The van der Waals surface area contributed by atoms with Gasteiger partial charge in [0.1, 0.15) is 17.0 Å². The minimum atomic E-state index is -1.41. The fourth-order valence-electron chi connectivity index (χ4n) is 5.96. The highest BCUT2D eigenvalue weighted by molar-refractivity contribution is 6.36. The first-order chi connectivity index (χ1) is 22.7. The molecule has 0 saturated heterocycles. The molecule has 0 bridgehead atoms. The summed E-state index contributed by atoms with van der Waals surface area (Å²) >= 11 is 6.97. The number of ether oxygens (including phenoxy) is 4. The highest BCUT2D eigenvalue weighted by Gasteiger charge is 2.33. The minimum absolute atomic E-state index is 0.0613. The van der Waals surface area contributed by atoms with Gasteiger partial charge in [-0.1, -0.05) is 24.4 Å². The first-order valence-electron chi connectivity index (χ1n) is 16.2. The number of esters is 1. The second-order valence-electron chi connectivity index (χ2n) is 13.4. The molecule has 258 valence electrons. The highest BCUT2D eigenvalue weighted by atomic mass is 35.5. The van der Waals surface area contributed by atoms with E-state index >= 15 is 4.39 Å². The summed E-state index contributed by atoms with van der Waals surface area (Å²) in [5.74, 6) is 2.60. The van der Waals surface area contributed by atoms with Gasteiger partial charge in [0, 0.05) is 49.5 Å². The van der Waals surface area contributed by atoms with Crippen molar-refractivity contribution in [1.82, 2.24) is 9.88 Å². The van der Waals surface area contributed by atoms with Crippen LogP contribution in [-0.4, -0.2) is 47.3 Å². The molecule has 1 heterocycles. The van der Waals surface area contributed by atoms with Gasteiger partial charge in [-0.05, 0) is 64.9 Å². The molecule has 2 aliphatic carbocycles. The quantitative estimate of drug-likeness (QED) is 0.0904. The van der Waals surface area contributed by atoms with Crippen LogP contribution in [0.2, 0.25) is 5.02 Å². The molecule has 2 saturated carbocycles. The van der Waals surface area contributed by atoms with Gasteiger partial charge in [0.05, 0.1) is 22.5 Å². The third-order valence-corrected chi connectivity index (χ3v) is 8.62. The van der Waals surface area contributed by atoms with Gasteiger partial charge in [-0.25, -0.2) is 18.8 Å². The summed E-state index contributed by atoms with van der Waals surface area (Å²) in [4.78, 5) is 51.5. The number of hydrogen-bond acceptors (Lipinski definition) is 8. The highest BCUT2D eigenvalue weighted by Crippen LogP contribution is 2.43. The molecule has 2 aromatic rings. The number of terminal acetylenes is 2. The van der Waals surface area contributed by atoms with Crippen molar-refractivity contribution in [2.75, 3.05) is 6.61 Å². The first-order valence-corrected chi connectivity index (χ1v) is 16.6. The van der Waals surface area contributed by atoms with Gasteiger partial charge in [-0.15, -0.1) is 24.7 Å². The Bertz CT molecular complexity index is 1660. The molecule has 10 nitrogen and oxygen atoms in total. The summed E-state index contributed by atoms with van der Waals surface area (Å²) in [7, 11) is 0. The van der Waals surface area contributed by atoms with Crippen LogP contribution in [0.1, 0.15) is 113 Å². The molecule has 2 unspecified atom stereocenters. The first kappa shape index (κ1) is 36.6. The molecule has 0 radical (unpaired) electrons. The SMILES string of the molecule is C#CCC(CC#C)COC(=O)OC(C)OC(=O)c1cn(C2CC2)c2c(Cl)c(C3CCCC[C@@H](NC(=O)OC(C)(C)C)C3)c(F)cc2c1=O. The Morgan fingerprint density at radius 2 is 1.77 bits per heavy atom. The molecule has 4 rings (SSSR count).